The third kappa shape index (κ3) is 3.77. The predicted octanol–water partition coefficient (Wildman–Crippen LogP) is 2.93. The largest absolute Gasteiger partial charge is 0.461 e. The zero-order chi connectivity index (χ0) is 14.7. The van der Waals surface area contributed by atoms with E-state index in [0.717, 1.165) is 0 Å². The molecule has 0 fully saturated rings. The molecule has 8 heteroatoms. The molecule has 2 N–H and O–H groups in total. The molecule has 0 saturated heterocycles. The van der Waals surface area contributed by atoms with Gasteiger partial charge in [0.1, 0.15) is 0 Å². The van der Waals surface area contributed by atoms with Gasteiger partial charge in [-0.1, -0.05) is 15.9 Å². The molecule has 2 aromatic rings. The van der Waals surface area contributed by atoms with Crippen LogP contribution in [0.3, 0.4) is 0 Å². The number of ether oxygens (including phenoxy) is 2. The second-order valence-electron chi connectivity index (χ2n) is 4.10. The average molecular weight is 343 g/mol. The number of hydrogen-bond donors (Lipinski definition) is 1. The quantitative estimate of drug-likeness (QED) is 0.919. The van der Waals surface area contributed by atoms with Crippen LogP contribution in [0, 0.1) is 5.82 Å². The number of nitrogen functional groups attached to an aromatic ring is 1. The summed E-state index contributed by atoms with van der Waals surface area (Å²) in [5, 5.41) is 0. The van der Waals surface area contributed by atoms with Gasteiger partial charge in [0.15, 0.2) is 11.6 Å². The summed E-state index contributed by atoms with van der Waals surface area (Å²) >= 11 is 3.22. The number of anilines is 1. The summed E-state index contributed by atoms with van der Waals surface area (Å²) in [4.78, 5) is 11.5. The van der Waals surface area contributed by atoms with Crippen molar-refractivity contribution in [3.05, 3.63) is 28.5 Å². The van der Waals surface area contributed by atoms with Crippen molar-refractivity contribution in [2.75, 3.05) is 5.73 Å². The number of aromatic nitrogens is 3. The van der Waals surface area contributed by atoms with Crippen molar-refractivity contribution in [1.29, 1.82) is 0 Å². The van der Waals surface area contributed by atoms with Crippen LogP contribution in [0.5, 0.6) is 17.8 Å². The second kappa shape index (κ2) is 6.00. The summed E-state index contributed by atoms with van der Waals surface area (Å²) in [6.45, 7) is 3.63. The van der Waals surface area contributed by atoms with Crippen molar-refractivity contribution in [3.63, 3.8) is 0 Å². The van der Waals surface area contributed by atoms with Crippen LogP contribution in [0.2, 0.25) is 0 Å². The summed E-state index contributed by atoms with van der Waals surface area (Å²) in [5.41, 5.74) is 5.53. The molecule has 0 spiro atoms. The van der Waals surface area contributed by atoms with Crippen LogP contribution < -0.4 is 15.2 Å². The van der Waals surface area contributed by atoms with E-state index in [1.807, 2.05) is 13.8 Å². The smallest absolute Gasteiger partial charge is 0.330 e. The number of rotatable bonds is 4. The monoisotopic (exact) mass is 342 g/mol. The lowest BCUT2D eigenvalue weighted by molar-refractivity contribution is 0.218. The van der Waals surface area contributed by atoms with E-state index < -0.39 is 5.82 Å². The number of hydrogen-bond acceptors (Lipinski definition) is 6. The Balaban J connectivity index is 2.28. The minimum absolute atomic E-state index is 0.0258. The minimum Gasteiger partial charge on any atom is -0.461 e. The van der Waals surface area contributed by atoms with E-state index in [0.29, 0.717) is 4.47 Å². The van der Waals surface area contributed by atoms with E-state index in [-0.39, 0.29) is 29.8 Å². The molecule has 6 nitrogen and oxygen atoms in total. The zero-order valence-electron chi connectivity index (χ0n) is 10.8. The fraction of sp³-hybridized carbons (Fsp3) is 0.250. The van der Waals surface area contributed by atoms with Crippen molar-refractivity contribution < 1.29 is 13.9 Å². The molecule has 0 aliphatic heterocycles. The molecule has 1 heterocycles. The zero-order valence-corrected chi connectivity index (χ0v) is 12.4. The fourth-order valence-corrected chi connectivity index (χ4v) is 1.66. The Morgan fingerprint density at radius 1 is 1.20 bits per heavy atom. The first-order chi connectivity index (χ1) is 9.44. The highest BCUT2D eigenvalue weighted by atomic mass is 79.9. The van der Waals surface area contributed by atoms with E-state index in [1.165, 1.54) is 12.1 Å². The van der Waals surface area contributed by atoms with Gasteiger partial charge in [-0.2, -0.15) is 9.97 Å². The molecular formula is C12H12BrFN4O2. The SMILES string of the molecule is CC(C)Oc1nc(N)nc(Oc2cc(Br)ccc2F)n1. The summed E-state index contributed by atoms with van der Waals surface area (Å²) in [6.07, 6.45) is -0.132. The van der Waals surface area contributed by atoms with Gasteiger partial charge in [0.25, 0.3) is 0 Å². The van der Waals surface area contributed by atoms with Crippen LogP contribution in [0.4, 0.5) is 10.3 Å². The number of halogens is 2. The lowest BCUT2D eigenvalue weighted by Gasteiger charge is -2.10. The Morgan fingerprint density at radius 2 is 1.90 bits per heavy atom. The van der Waals surface area contributed by atoms with Gasteiger partial charge >= 0.3 is 12.0 Å². The van der Waals surface area contributed by atoms with E-state index in [2.05, 4.69) is 30.9 Å². The van der Waals surface area contributed by atoms with Crippen molar-refractivity contribution in [3.8, 4) is 17.8 Å². The molecule has 20 heavy (non-hydrogen) atoms. The van der Waals surface area contributed by atoms with Crippen LogP contribution >= 0.6 is 15.9 Å². The lowest BCUT2D eigenvalue weighted by atomic mass is 10.3. The molecule has 2 rings (SSSR count). The van der Waals surface area contributed by atoms with Crippen LogP contribution in [0.15, 0.2) is 22.7 Å². The summed E-state index contributed by atoms with van der Waals surface area (Å²) in [7, 11) is 0. The third-order valence-corrected chi connectivity index (χ3v) is 2.54. The van der Waals surface area contributed by atoms with E-state index in [1.54, 1.807) is 6.07 Å². The fourth-order valence-electron chi connectivity index (χ4n) is 1.32. The highest BCUT2D eigenvalue weighted by molar-refractivity contribution is 9.10. The molecule has 1 aromatic carbocycles. The average Bonchev–Trinajstić information content (AvgIpc) is 2.32. The van der Waals surface area contributed by atoms with Gasteiger partial charge in [-0.3, -0.25) is 0 Å². The predicted molar refractivity (Wildman–Crippen MR) is 74.2 cm³/mol. The van der Waals surface area contributed by atoms with Gasteiger partial charge in [-0.05, 0) is 32.0 Å². The summed E-state index contributed by atoms with van der Waals surface area (Å²) < 4.78 is 24.8. The molecule has 0 aliphatic carbocycles. The summed E-state index contributed by atoms with van der Waals surface area (Å²) in [6, 6.07) is 4.16. The van der Waals surface area contributed by atoms with Gasteiger partial charge in [-0.15, -0.1) is 4.98 Å². The normalized spacial score (nSPS) is 10.7. The van der Waals surface area contributed by atoms with Crippen molar-refractivity contribution in [2.24, 2.45) is 0 Å². The van der Waals surface area contributed by atoms with Crippen molar-refractivity contribution in [1.82, 2.24) is 15.0 Å². The van der Waals surface area contributed by atoms with E-state index >= 15 is 0 Å². The first-order valence-corrected chi connectivity index (χ1v) is 6.54. The second-order valence-corrected chi connectivity index (χ2v) is 5.02. The third-order valence-electron chi connectivity index (χ3n) is 2.05. The highest BCUT2D eigenvalue weighted by Crippen LogP contribution is 2.26. The van der Waals surface area contributed by atoms with Crippen molar-refractivity contribution in [2.45, 2.75) is 20.0 Å². The van der Waals surface area contributed by atoms with Gasteiger partial charge in [0.05, 0.1) is 6.10 Å². The van der Waals surface area contributed by atoms with Gasteiger partial charge in [0, 0.05) is 4.47 Å². The van der Waals surface area contributed by atoms with Crippen LogP contribution in [0.25, 0.3) is 0 Å². The molecule has 0 aliphatic rings. The maximum absolute atomic E-state index is 13.6. The highest BCUT2D eigenvalue weighted by Gasteiger charge is 2.12. The topological polar surface area (TPSA) is 83.2 Å². The van der Waals surface area contributed by atoms with Gasteiger partial charge in [-0.25, -0.2) is 4.39 Å². The lowest BCUT2D eigenvalue weighted by Crippen LogP contribution is -2.11. The van der Waals surface area contributed by atoms with E-state index in [4.69, 9.17) is 15.2 Å². The first kappa shape index (κ1) is 14.4. The molecule has 0 unspecified atom stereocenters. The maximum atomic E-state index is 13.6. The van der Waals surface area contributed by atoms with Crippen LogP contribution in [-0.2, 0) is 0 Å². The number of nitrogens with two attached hydrogens (primary N) is 1. The molecule has 0 amide bonds. The standard InChI is InChI=1S/C12H12BrFN4O2/c1-6(2)19-11-16-10(15)17-12(18-11)20-9-5-7(13)3-4-8(9)14/h3-6H,1-2H3,(H2,15,16,17,18). The van der Waals surface area contributed by atoms with Crippen LogP contribution in [-0.4, -0.2) is 21.1 Å². The van der Waals surface area contributed by atoms with Crippen molar-refractivity contribution >= 4 is 21.9 Å². The Kier molecular flexibility index (Phi) is 4.33. The molecule has 1 aromatic heterocycles. The molecule has 0 bridgehead atoms. The first-order valence-electron chi connectivity index (χ1n) is 5.75. The molecule has 0 saturated carbocycles. The Labute approximate surface area is 123 Å². The number of nitrogens with zero attached hydrogens (tertiary/aromatic N) is 3. The molecule has 0 radical (unpaired) electrons. The van der Waals surface area contributed by atoms with E-state index in [9.17, 15) is 4.39 Å². The van der Waals surface area contributed by atoms with Gasteiger partial charge < -0.3 is 15.2 Å². The Morgan fingerprint density at radius 3 is 2.60 bits per heavy atom. The summed E-state index contributed by atoms with van der Waals surface area (Å²) in [5.74, 6) is -0.639. The van der Waals surface area contributed by atoms with Gasteiger partial charge in [0.2, 0.25) is 5.95 Å². The minimum atomic E-state index is -0.543. The maximum Gasteiger partial charge on any atom is 0.330 e. The van der Waals surface area contributed by atoms with Crippen LogP contribution in [0.1, 0.15) is 13.8 Å². The number of benzene rings is 1. The molecule has 0 atom stereocenters. The Bertz CT molecular complexity index is 624. The Hall–Kier alpha value is -1.96. The molecule has 106 valence electrons. The molecular weight excluding hydrogens is 331 g/mol.